The third-order valence-corrected chi connectivity index (χ3v) is 5.45. The maximum Gasteiger partial charge on any atom is 0.222 e. The summed E-state index contributed by atoms with van der Waals surface area (Å²) >= 11 is 0. The highest BCUT2D eigenvalue weighted by atomic mass is 16.5. The summed E-state index contributed by atoms with van der Waals surface area (Å²) in [6, 6.07) is 7.87. The van der Waals surface area contributed by atoms with Crippen LogP contribution in [0.5, 0.6) is 5.75 Å². The number of nitrogens with two attached hydrogens (primary N) is 1. The van der Waals surface area contributed by atoms with Crippen molar-refractivity contribution in [3.05, 3.63) is 47.9 Å². The number of likely N-dealkylation sites (tertiary alicyclic amines) is 1. The Bertz CT molecular complexity index is 985. The first-order valence-corrected chi connectivity index (χ1v) is 9.97. The first-order valence-electron chi connectivity index (χ1n) is 9.97. The molecule has 1 aliphatic heterocycles. The SMILES string of the molecule is COc1ccc(CCC(=O)N2CC[C@H](c3nn(CCN)c4nccnc34)C2)cc1. The van der Waals surface area contributed by atoms with Gasteiger partial charge in [0.2, 0.25) is 5.91 Å². The van der Waals surface area contributed by atoms with Gasteiger partial charge in [0.05, 0.1) is 19.3 Å². The van der Waals surface area contributed by atoms with Crippen molar-refractivity contribution in [2.45, 2.75) is 31.7 Å². The molecular formula is C21H26N6O2. The van der Waals surface area contributed by atoms with Crippen molar-refractivity contribution in [3.63, 3.8) is 0 Å². The number of nitrogens with zero attached hydrogens (tertiary/aromatic N) is 5. The molecule has 4 rings (SSSR count). The van der Waals surface area contributed by atoms with E-state index in [0.717, 1.165) is 47.6 Å². The minimum absolute atomic E-state index is 0.179. The third-order valence-electron chi connectivity index (χ3n) is 5.45. The van der Waals surface area contributed by atoms with Gasteiger partial charge in [0.25, 0.3) is 0 Å². The predicted octanol–water partition coefficient (Wildman–Crippen LogP) is 1.74. The summed E-state index contributed by atoms with van der Waals surface area (Å²) < 4.78 is 7.00. The van der Waals surface area contributed by atoms with Crippen LogP contribution in [0, 0.1) is 0 Å². The van der Waals surface area contributed by atoms with Crippen LogP contribution in [0.2, 0.25) is 0 Å². The molecule has 1 aromatic carbocycles. The molecule has 0 aliphatic carbocycles. The molecule has 3 heterocycles. The highest BCUT2D eigenvalue weighted by molar-refractivity contribution is 5.78. The number of hydrogen-bond acceptors (Lipinski definition) is 6. The number of fused-ring (bicyclic) bond motifs is 1. The Kier molecular flexibility index (Phi) is 5.71. The van der Waals surface area contributed by atoms with E-state index in [9.17, 15) is 4.79 Å². The standard InChI is InChI=1S/C21H26N6O2/c1-29-17-5-2-15(3-6-17)4-7-18(28)26-12-8-16(14-26)19-20-21(24-11-10-23-20)27(25-19)13-9-22/h2-3,5-6,10-11,16H,4,7-9,12-14,22H2,1H3/t16-/m0/s1. The van der Waals surface area contributed by atoms with Gasteiger partial charge in [-0.2, -0.15) is 5.10 Å². The lowest BCUT2D eigenvalue weighted by atomic mass is 10.0. The molecule has 0 bridgehead atoms. The number of aromatic nitrogens is 4. The van der Waals surface area contributed by atoms with E-state index in [2.05, 4.69) is 9.97 Å². The number of rotatable bonds is 7. The summed E-state index contributed by atoms with van der Waals surface area (Å²) in [4.78, 5) is 23.6. The Morgan fingerprint density at radius 3 is 2.79 bits per heavy atom. The number of carbonyl (C=O) groups is 1. The van der Waals surface area contributed by atoms with Crippen molar-refractivity contribution in [1.82, 2.24) is 24.6 Å². The van der Waals surface area contributed by atoms with E-state index in [0.29, 0.717) is 26.1 Å². The number of benzene rings is 1. The average Bonchev–Trinajstić information content (AvgIpc) is 3.38. The monoisotopic (exact) mass is 394 g/mol. The van der Waals surface area contributed by atoms with Gasteiger partial charge >= 0.3 is 0 Å². The lowest BCUT2D eigenvalue weighted by molar-refractivity contribution is -0.130. The highest BCUT2D eigenvalue weighted by Gasteiger charge is 2.31. The largest absolute Gasteiger partial charge is 0.497 e. The van der Waals surface area contributed by atoms with E-state index in [4.69, 9.17) is 15.6 Å². The third kappa shape index (κ3) is 4.07. The van der Waals surface area contributed by atoms with E-state index < -0.39 is 0 Å². The fourth-order valence-electron chi connectivity index (χ4n) is 3.89. The van der Waals surface area contributed by atoms with E-state index in [1.54, 1.807) is 19.5 Å². The molecule has 0 unspecified atom stereocenters. The lowest BCUT2D eigenvalue weighted by Gasteiger charge is -2.16. The van der Waals surface area contributed by atoms with Crippen LogP contribution in [0.15, 0.2) is 36.7 Å². The fourth-order valence-corrected chi connectivity index (χ4v) is 3.89. The molecule has 8 heteroatoms. The second-order valence-electron chi connectivity index (χ2n) is 7.30. The van der Waals surface area contributed by atoms with Gasteiger partial charge in [-0.1, -0.05) is 12.1 Å². The van der Waals surface area contributed by atoms with Crippen LogP contribution in [-0.2, 0) is 17.8 Å². The number of hydrogen-bond donors (Lipinski definition) is 1. The molecule has 2 N–H and O–H groups in total. The van der Waals surface area contributed by atoms with Crippen molar-refractivity contribution in [1.29, 1.82) is 0 Å². The Balaban J connectivity index is 1.41. The minimum Gasteiger partial charge on any atom is -0.497 e. The highest BCUT2D eigenvalue weighted by Crippen LogP contribution is 2.30. The normalized spacial score (nSPS) is 16.5. The number of ether oxygens (including phenoxy) is 1. The number of amides is 1. The summed E-state index contributed by atoms with van der Waals surface area (Å²) in [7, 11) is 1.65. The molecule has 2 aromatic heterocycles. The molecule has 1 fully saturated rings. The number of carbonyl (C=O) groups excluding carboxylic acids is 1. The van der Waals surface area contributed by atoms with Gasteiger partial charge in [-0.3, -0.25) is 4.79 Å². The van der Waals surface area contributed by atoms with Gasteiger partial charge in [-0.05, 0) is 30.5 Å². The molecule has 0 saturated carbocycles. The molecule has 0 spiro atoms. The van der Waals surface area contributed by atoms with Gasteiger partial charge in [0, 0.05) is 44.4 Å². The van der Waals surface area contributed by atoms with Gasteiger partial charge in [-0.15, -0.1) is 0 Å². The summed E-state index contributed by atoms with van der Waals surface area (Å²) in [5.41, 5.74) is 9.34. The number of aryl methyl sites for hydroxylation is 1. The Morgan fingerprint density at radius 1 is 1.24 bits per heavy atom. The van der Waals surface area contributed by atoms with Crippen molar-refractivity contribution in [3.8, 4) is 5.75 Å². The Morgan fingerprint density at radius 2 is 2.03 bits per heavy atom. The summed E-state index contributed by atoms with van der Waals surface area (Å²) in [6.45, 7) is 2.52. The molecule has 3 aromatic rings. The minimum atomic E-state index is 0.179. The van der Waals surface area contributed by atoms with Crippen LogP contribution >= 0.6 is 0 Å². The summed E-state index contributed by atoms with van der Waals surface area (Å²) in [5, 5.41) is 4.73. The first-order chi connectivity index (χ1) is 14.2. The van der Waals surface area contributed by atoms with Crippen molar-refractivity contribution in [2.24, 2.45) is 5.73 Å². The fraction of sp³-hybridized carbons (Fsp3) is 0.429. The van der Waals surface area contributed by atoms with Crippen molar-refractivity contribution >= 4 is 17.1 Å². The topological polar surface area (TPSA) is 99.2 Å². The quantitative estimate of drug-likeness (QED) is 0.655. The maximum absolute atomic E-state index is 12.7. The maximum atomic E-state index is 12.7. The average molecular weight is 394 g/mol. The molecule has 1 atom stereocenters. The second kappa shape index (κ2) is 8.57. The smallest absolute Gasteiger partial charge is 0.222 e. The molecule has 152 valence electrons. The molecule has 1 amide bonds. The van der Waals surface area contributed by atoms with Gasteiger partial charge in [0.15, 0.2) is 5.65 Å². The van der Waals surface area contributed by atoms with Gasteiger partial charge in [-0.25, -0.2) is 14.6 Å². The molecule has 0 radical (unpaired) electrons. The predicted molar refractivity (Wildman–Crippen MR) is 110 cm³/mol. The molecule has 8 nitrogen and oxygen atoms in total. The van der Waals surface area contributed by atoms with Crippen LogP contribution in [0.1, 0.15) is 30.0 Å². The zero-order valence-electron chi connectivity index (χ0n) is 16.6. The Hall–Kier alpha value is -3.00. The first kappa shape index (κ1) is 19.3. The van der Waals surface area contributed by atoms with Crippen LogP contribution in [-0.4, -0.2) is 57.3 Å². The molecule has 29 heavy (non-hydrogen) atoms. The second-order valence-corrected chi connectivity index (χ2v) is 7.30. The van der Waals surface area contributed by atoms with Gasteiger partial charge in [0.1, 0.15) is 11.3 Å². The van der Waals surface area contributed by atoms with Crippen molar-refractivity contribution in [2.75, 3.05) is 26.7 Å². The van der Waals surface area contributed by atoms with Crippen LogP contribution in [0.25, 0.3) is 11.2 Å². The van der Waals surface area contributed by atoms with E-state index in [-0.39, 0.29) is 11.8 Å². The summed E-state index contributed by atoms with van der Waals surface area (Å²) in [6.07, 6.45) is 5.47. The zero-order valence-corrected chi connectivity index (χ0v) is 16.6. The molecule has 1 aliphatic rings. The Labute approximate surface area is 169 Å². The molecule has 1 saturated heterocycles. The van der Waals surface area contributed by atoms with Crippen molar-refractivity contribution < 1.29 is 9.53 Å². The van der Waals surface area contributed by atoms with Crippen LogP contribution in [0.4, 0.5) is 0 Å². The van der Waals surface area contributed by atoms with Crippen LogP contribution < -0.4 is 10.5 Å². The lowest BCUT2D eigenvalue weighted by Crippen LogP contribution is -2.28. The van der Waals surface area contributed by atoms with Crippen LogP contribution in [0.3, 0.4) is 0 Å². The zero-order chi connectivity index (χ0) is 20.2. The van der Waals surface area contributed by atoms with E-state index >= 15 is 0 Å². The number of methoxy groups -OCH3 is 1. The van der Waals surface area contributed by atoms with Gasteiger partial charge < -0.3 is 15.4 Å². The molecular weight excluding hydrogens is 368 g/mol. The van der Waals surface area contributed by atoms with E-state index in [1.165, 1.54) is 0 Å². The van der Waals surface area contributed by atoms with E-state index in [1.807, 2.05) is 33.8 Å². The summed E-state index contributed by atoms with van der Waals surface area (Å²) in [5.74, 6) is 1.19.